The van der Waals surface area contributed by atoms with Gasteiger partial charge in [0.1, 0.15) is 0 Å². The molecule has 114 valence electrons. The molecule has 0 saturated carbocycles. The Labute approximate surface area is 130 Å². The quantitative estimate of drug-likeness (QED) is 0.414. The topological polar surface area (TPSA) is 12.9 Å². The van der Waals surface area contributed by atoms with Crippen LogP contribution in [0, 0.1) is 0 Å². The van der Waals surface area contributed by atoms with Gasteiger partial charge in [0, 0.05) is 16.2 Å². The summed E-state index contributed by atoms with van der Waals surface area (Å²) in [5, 5.41) is 4.10. The van der Waals surface area contributed by atoms with E-state index in [4.69, 9.17) is 0 Å². The van der Waals surface area contributed by atoms with E-state index < -0.39 is 12.6 Å². The predicted molar refractivity (Wildman–Crippen MR) is 86.5 cm³/mol. The van der Waals surface area contributed by atoms with Crippen molar-refractivity contribution in [2.24, 2.45) is 0 Å². The number of alkyl halides is 3. The first-order chi connectivity index (χ1) is 11.0. The van der Waals surface area contributed by atoms with E-state index in [1.165, 1.54) is 0 Å². The lowest BCUT2D eigenvalue weighted by atomic mass is 9.99. The molecule has 23 heavy (non-hydrogen) atoms. The maximum atomic E-state index is 12.9. The van der Waals surface area contributed by atoms with Crippen molar-refractivity contribution in [3.8, 4) is 0 Å². The van der Waals surface area contributed by atoms with Crippen LogP contribution < -0.4 is 0 Å². The Morgan fingerprint density at radius 1 is 0.696 bits per heavy atom. The Bertz CT molecular complexity index is 1030. The minimum Gasteiger partial charge on any atom is -0.251 e. The first-order valence-electron chi connectivity index (χ1n) is 7.29. The fourth-order valence-electron chi connectivity index (χ4n) is 3.08. The Morgan fingerprint density at radius 2 is 1.35 bits per heavy atom. The number of halogens is 3. The molecule has 4 aromatic rings. The molecule has 0 aliphatic rings. The van der Waals surface area contributed by atoms with E-state index in [-0.39, 0.29) is 5.69 Å². The van der Waals surface area contributed by atoms with Crippen LogP contribution in [0.3, 0.4) is 0 Å². The van der Waals surface area contributed by atoms with E-state index in [1.54, 1.807) is 12.1 Å². The highest BCUT2D eigenvalue weighted by Crippen LogP contribution is 2.33. The van der Waals surface area contributed by atoms with Crippen molar-refractivity contribution in [1.29, 1.82) is 0 Å². The van der Waals surface area contributed by atoms with E-state index in [1.807, 2.05) is 48.5 Å². The molecule has 1 aromatic heterocycles. The molecule has 4 heteroatoms. The number of hydrogen-bond donors (Lipinski definition) is 0. The number of benzene rings is 3. The average Bonchev–Trinajstić information content (AvgIpc) is 2.53. The molecule has 0 N–H and O–H groups in total. The van der Waals surface area contributed by atoms with Gasteiger partial charge in [-0.3, -0.25) is 4.98 Å². The van der Waals surface area contributed by atoms with Crippen LogP contribution in [0.25, 0.3) is 32.4 Å². The second-order valence-corrected chi connectivity index (χ2v) is 5.58. The van der Waals surface area contributed by atoms with E-state index in [0.29, 0.717) is 10.9 Å². The second-order valence-electron chi connectivity index (χ2n) is 5.58. The van der Waals surface area contributed by atoms with Crippen LogP contribution in [0.15, 0.2) is 60.7 Å². The van der Waals surface area contributed by atoms with Gasteiger partial charge in [-0.05, 0) is 10.8 Å². The molecule has 0 saturated heterocycles. The van der Waals surface area contributed by atoms with Crippen LogP contribution >= 0.6 is 0 Å². The molecule has 4 rings (SSSR count). The van der Waals surface area contributed by atoms with Crippen molar-refractivity contribution in [2.75, 3.05) is 0 Å². The maximum absolute atomic E-state index is 12.9. The van der Waals surface area contributed by atoms with E-state index >= 15 is 0 Å². The highest BCUT2D eigenvalue weighted by Gasteiger charge is 2.29. The minimum atomic E-state index is -4.28. The summed E-state index contributed by atoms with van der Waals surface area (Å²) in [5.74, 6) is 0. The van der Waals surface area contributed by atoms with Gasteiger partial charge in [0.25, 0.3) is 0 Å². The van der Waals surface area contributed by atoms with Crippen LogP contribution in [-0.2, 0) is 6.42 Å². The molecule has 0 bridgehead atoms. The summed E-state index contributed by atoms with van der Waals surface area (Å²) in [7, 11) is 0. The number of pyridine rings is 1. The number of hydrogen-bond acceptors (Lipinski definition) is 1. The SMILES string of the molecule is FC(F)(F)Cc1nc2c3ccccc3ccc2c2ccccc12. The highest BCUT2D eigenvalue weighted by atomic mass is 19.4. The summed E-state index contributed by atoms with van der Waals surface area (Å²) in [6.07, 6.45) is -5.30. The van der Waals surface area contributed by atoms with Crippen molar-refractivity contribution >= 4 is 32.4 Å². The summed E-state index contributed by atoms with van der Waals surface area (Å²) < 4.78 is 38.8. The average molecular weight is 311 g/mol. The van der Waals surface area contributed by atoms with Gasteiger partial charge in [-0.25, -0.2) is 0 Å². The number of nitrogens with zero attached hydrogens (tertiary/aromatic N) is 1. The van der Waals surface area contributed by atoms with Gasteiger partial charge in [-0.15, -0.1) is 0 Å². The van der Waals surface area contributed by atoms with Crippen molar-refractivity contribution in [3.05, 3.63) is 66.4 Å². The molecule has 0 amide bonds. The lowest BCUT2D eigenvalue weighted by Crippen LogP contribution is -2.13. The van der Waals surface area contributed by atoms with Crippen LogP contribution in [0.5, 0.6) is 0 Å². The summed E-state index contributed by atoms with van der Waals surface area (Å²) in [4.78, 5) is 4.40. The fourth-order valence-corrected chi connectivity index (χ4v) is 3.08. The van der Waals surface area contributed by atoms with Gasteiger partial charge in [-0.2, -0.15) is 13.2 Å². The molecular weight excluding hydrogens is 299 g/mol. The van der Waals surface area contributed by atoms with Crippen LogP contribution in [0.1, 0.15) is 5.69 Å². The van der Waals surface area contributed by atoms with Gasteiger partial charge in [-0.1, -0.05) is 60.7 Å². The smallest absolute Gasteiger partial charge is 0.251 e. The Morgan fingerprint density at radius 3 is 2.09 bits per heavy atom. The molecule has 1 heterocycles. The predicted octanol–water partition coefficient (Wildman–Crippen LogP) is 5.65. The summed E-state index contributed by atoms with van der Waals surface area (Å²) in [5.41, 5.74) is 0.706. The zero-order valence-electron chi connectivity index (χ0n) is 12.1. The molecule has 0 spiro atoms. The second kappa shape index (κ2) is 4.95. The third-order valence-corrected chi connectivity index (χ3v) is 4.04. The van der Waals surface area contributed by atoms with E-state index in [9.17, 15) is 13.2 Å². The lowest BCUT2D eigenvalue weighted by Gasteiger charge is -2.13. The zero-order valence-corrected chi connectivity index (χ0v) is 12.1. The van der Waals surface area contributed by atoms with Crippen molar-refractivity contribution in [3.63, 3.8) is 0 Å². The molecule has 3 aromatic carbocycles. The third-order valence-electron chi connectivity index (χ3n) is 4.04. The molecule has 1 nitrogen and oxygen atoms in total. The zero-order chi connectivity index (χ0) is 16.0. The van der Waals surface area contributed by atoms with Crippen LogP contribution in [0.4, 0.5) is 13.2 Å². The van der Waals surface area contributed by atoms with E-state index in [0.717, 1.165) is 21.5 Å². The summed E-state index contributed by atoms with van der Waals surface area (Å²) in [6, 6.07) is 18.7. The number of aromatic nitrogens is 1. The lowest BCUT2D eigenvalue weighted by molar-refractivity contribution is -0.127. The van der Waals surface area contributed by atoms with Crippen LogP contribution in [-0.4, -0.2) is 11.2 Å². The van der Waals surface area contributed by atoms with Gasteiger partial charge in [0.05, 0.1) is 17.6 Å². The summed E-state index contributed by atoms with van der Waals surface area (Å²) in [6.45, 7) is 0. The maximum Gasteiger partial charge on any atom is 0.394 e. The molecule has 0 atom stereocenters. The first-order valence-corrected chi connectivity index (χ1v) is 7.29. The first kappa shape index (κ1) is 14.0. The molecule has 0 unspecified atom stereocenters. The highest BCUT2D eigenvalue weighted by molar-refractivity contribution is 6.15. The van der Waals surface area contributed by atoms with Crippen molar-refractivity contribution in [1.82, 2.24) is 4.98 Å². The van der Waals surface area contributed by atoms with Crippen LogP contribution in [0.2, 0.25) is 0 Å². The minimum absolute atomic E-state index is 0.0805. The standard InChI is InChI=1S/C19H12F3N/c20-19(21,22)11-17-15-8-4-3-7-14(15)16-10-9-12-5-1-2-6-13(12)18(16)23-17/h1-10H,11H2. The van der Waals surface area contributed by atoms with Gasteiger partial charge in [0.15, 0.2) is 0 Å². The van der Waals surface area contributed by atoms with Gasteiger partial charge < -0.3 is 0 Å². The van der Waals surface area contributed by atoms with E-state index in [2.05, 4.69) is 4.98 Å². The van der Waals surface area contributed by atoms with Crippen molar-refractivity contribution < 1.29 is 13.2 Å². The third kappa shape index (κ3) is 2.40. The molecular formula is C19H12F3N. The molecule has 0 radical (unpaired) electrons. The Kier molecular flexibility index (Phi) is 3.01. The van der Waals surface area contributed by atoms with Crippen molar-refractivity contribution in [2.45, 2.75) is 12.6 Å². The molecule has 0 fully saturated rings. The van der Waals surface area contributed by atoms with Gasteiger partial charge in [0.2, 0.25) is 0 Å². The Hall–Kier alpha value is -2.62. The van der Waals surface area contributed by atoms with Gasteiger partial charge >= 0.3 is 6.18 Å². The number of fused-ring (bicyclic) bond motifs is 5. The Balaban J connectivity index is 2.16. The molecule has 0 aliphatic carbocycles. The monoisotopic (exact) mass is 311 g/mol. The fraction of sp³-hybridized carbons (Fsp3) is 0.105. The largest absolute Gasteiger partial charge is 0.394 e. The summed E-state index contributed by atoms with van der Waals surface area (Å²) >= 11 is 0. The molecule has 0 aliphatic heterocycles. The normalized spacial score (nSPS) is 12.3. The number of rotatable bonds is 1.